The molecule has 2 aromatic carbocycles. The number of nitro groups is 1. The summed E-state index contributed by atoms with van der Waals surface area (Å²) >= 11 is 2.76. The van der Waals surface area contributed by atoms with Crippen molar-refractivity contribution >= 4 is 50.0 Å². The molecule has 1 N–H and O–H groups in total. The number of nitrogens with zero attached hydrogens (tertiary/aromatic N) is 2. The van der Waals surface area contributed by atoms with Gasteiger partial charge in [-0.1, -0.05) is 23.5 Å². The summed E-state index contributed by atoms with van der Waals surface area (Å²) < 4.78 is 0.956. The quantitative estimate of drug-likeness (QED) is 0.421. The third-order valence-corrected chi connectivity index (χ3v) is 5.15. The summed E-state index contributed by atoms with van der Waals surface area (Å²) in [7, 11) is 0. The predicted octanol–water partition coefficient (Wildman–Crippen LogP) is 4.49. The molecule has 0 unspecified atom stereocenters. The van der Waals surface area contributed by atoms with Crippen molar-refractivity contribution in [1.29, 1.82) is 0 Å². The third kappa shape index (κ3) is 3.10. The van der Waals surface area contributed by atoms with Gasteiger partial charge in [0, 0.05) is 11.0 Å². The normalized spacial score (nSPS) is 10.8. The van der Waals surface area contributed by atoms with Crippen molar-refractivity contribution in [3.63, 3.8) is 0 Å². The maximum Gasteiger partial charge on any atom is 0.282 e. The lowest BCUT2D eigenvalue weighted by atomic mass is 10.1. The fourth-order valence-electron chi connectivity index (χ4n) is 2.29. The van der Waals surface area contributed by atoms with Crippen LogP contribution in [0.2, 0.25) is 0 Å². The number of nitrogens with one attached hydrogen (secondary N) is 1. The molecule has 0 saturated carbocycles. The second kappa shape index (κ2) is 6.58. The van der Waals surface area contributed by atoms with Gasteiger partial charge in [-0.3, -0.25) is 20.2 Å². The van der Waals surface area contributed by atoms with Crippen LogP contribution in [0.15, 0.2) is 41.3 Å². The Bertz CT molecular complexity index is 953. The summed E-state index contributed by atoms with van der Waals surface area (Å²) in [4.78, 5) is 28.3. The fraction of sp³-hybridized carbons (Fsp3) is 0.125. The molecule has 0 fully saturated rings. The number of thioether (sulfide) groups is 1. The lowest BCUT2D eigenvalue weighted by molar-refractivity contribution is -0.385. The van der Waals surface area contributed by atoms with Gasteiger partial charge in [0.15, 0.2) is 5.13 Å². The number of anilines is 1. The van der Waals surface area contributed by atoms with E-state index in [2.05, 4.69) is 10.3 Å². The molecule has 0 aliphatic carbocycles. The lowest BCUT2D eigenvalue weighted by Crippen LogP contribution is -2.14. The molecule has 0 spiro atoms. The Kier molecular flexibility index (Phi) is 4.50. The molecule has 8 heteroatoms. The number of hydrogen-bond donors (Lipinski definition) is 1. The van der Waals surface area contributed by atoms with Crippen LogP contribution in [0.25, 0.3) is 10.2 Å². The molecule has 0 bridgehead atoms. The van der Waals surface area contributed by atoms with E-state index in [-0.39, 0.29) is 11.3 Å². The van der Waals surface area contributed by atoms with E-state index in [1.165, 1.54) is 35.2 Å². The van der Waals surface area contributed by atoms with E-state index >= 15 is 0 Å². The number of carbonyl (C=O) groups excluding carboxylic acids is 1. The number of rotatable bonds is 4. The molecule has 1 amide bonds. The van der Waals surface area contributed by atoms with E-state index in [4.69, 9.17) is 0 Å². The first-order valence-corrected chi connectivity index (χ1v) is 9.03. The third-order valence-electron chi connectivity index (χ3n) is 3.49. The number of hydrogen-bond acceptors (Lipinski definition) is 6. The number of aryl methyl sites for hydroxylation is 1. The molecule has 0 atom stereocenters. The van der Waals surface area contributed by atoms with E-state index in [0.717, 1.165) is 20.7 Å². The summed E-state index contributed by atoms with van der Waals surface area (Å²) in [6, 6.07) is 10.3. The number of fused-ring (bicyclic) bond motifs is 1. The van der Waals surface area contributed by atoms with E-state index in [0.29, 0.717) is 5.13 Å². The van der Waals surface area contributed by atoms with Crippen LogP contribution in [0.4, 0.5) is 10.8 Å². The van der Waals surface area contributed by atoms with Gasteiger partial charge in [-0.2, -0.15) is 0 Å². The van der Waals surface area contributed by atoms with Crippen molar-refractivity contribution in [2.45, 2.75) is 11.8 Å². The number of nitro benzene ring substituents is 1. The SMILES string of the molecule is CSc1ccc([N+](=O)[O-])c(C(=O)Nc2nc3c(C)cccc3s2)c1. The van der Waals surface area contributed by atoms with E-state index in [1.54, 1.807) is 6.07 Å². The average molecular weight is 359 g/mol. The molecule has 3 aromatic rings. The molecule has 0 aliphatic rings. The van der Waals surface area contributed by atoms with Gasteiger partial charge in [-0.05, 0) is 36.9 Å². The minimum absolute atomic E-state index is 0.0304. The van der Waals surface area contributed by atoms with Crippen molar-refractivity contribution in [3.8, 4) is 0 Å². The van der Waals surface area contributed by atoms with Crippen LogP contribution in [0.5, 0.6) is 0 Å². The molecule has 1 heterocycles. The summed E-state index contributed by atoms with van der Waals surface area (Å²) in [5.74, 6) is -0.533. The van der Waals surface area contributed by atoms with Gasteiger partial charge in [-0.25, -0.2) is 4.98 Å². The Morgan fingerprint density at radius 2 is 2.12 bits per heavy atom. The van der Waals surface area contributed by atoms with Crippen LogP contribution in [-0.4, -0.2) is 22.1 Å². The second-order valence-corrected chi connectivity index (χ2v) is 6.95. The first-order valence-electron chi connectivity index (χ1n) is 6.99. The van der Waals surface area contributed by atoms with Crippen molar-refractivity contribution in [1.82, 2.24) is 4.98 Å². The average Bonchev–Trinajstić information content (AvgIpc) is 2.98. The molecule has 1 aromatic heterocycles. The molecule has 0 saturated heterocycles. The monoisotopic (exact) mass is 359 g/mol. The number of benzene rings is 2. The summed E-state index contributed by atoms with van der Waals surface area (Å²) in [5, 5.41) is 14.3. The van der Waals surface area contributed by atoms with Gasteiger partial charge < -0.3 is 0 Å². The molecule has 6 nitrogen and oxygen atoms in total. The topological polar surface area (TPSA) is 85.1 Å². The van der Waals surface area contributed by atoms with Crippen molar-refractivity contribution < 1.29 is 9.72 Å². The summed E-state index contributed by atoms with van der Waals surface area (Å²) in [5.41, 5.74) is 1.65. The minimum Gasteiger partial charge on any atom is -0.298 e. The van der Waals surface area contributed by atoms with Crippen LogP contribution >= 0.6 is 23.1 Å². The van der Waals surface area contributed by atoms with Gasteiger partial charge in [0.2, 0.25) is 0 Å². The molecular formula is C16H13N3O3S2. The summed E-state index contributed by atoms with van der Waals surface area (Å²) in [6.45, 7) is 1.94. The van der Waals surface area contributed by atoms with Crippen molar-refractivity contribution in [2.24, 2.45) is 0 Å². The molecular weight excluding hydrogens is 346 g/mol. The minimum atomic E-state index is -0.554. The van der Waals surface area contributed by atoms with Crippen LogP contribution < -0.4 is 5.32 Å². The van der Waals surface area contributed by atoms with Gasteiger partial charge in [-0.15, -0.1) is 11.8 Å². The Morgan fingerprint density at radius 3 is 2.79 bits per heavy atom. The molecule has 122 valence electrons. The second-order valence-electron chi connectivity index (χ2n) is 5.03. The Labute approximate surface area is 146 Å². The zero-order chi connectivity index (χ0) is 17.3. The number of thiazole rings is 1. The van der Waals surface area contributed by atoms with E-state index in [9.17, 15) is 14.9 Å². The molecule has 24 heavy (non-hydrogen) atoms. The maximum absolute atomic E-state index is 12.5. The lowest BCUT2D eigenvalue weighted by Gasteiger charge is -2.05. The molecule has 0 aliphatic heterocycles. The standard InChI is InChI=1S/C16H13N3O3S2/c1-9-4-3-5-13-14(9)17-16(24-13)18-15(20)11-8-10(23-2)6-7-12(11)19(21)22/h3-8H,1-2H3,(H,17,18,20). The number of amides is 1. The first-order chi connectivity index (χ1) is 11.5. The highest BCUT2D eigenvalue weighted by molar-refractivity contribution is 7.98. The van der Waals surface area contributed by atoms with E-state index in [1.807, 2.05) is 31.4 Å². The zero-order valence-electron chi connectivity index (χ0n) is 12.9. The first kappa shape index (κ1) is 16.4. The van der Waals surface area contributed by atoms with Crippen molar-refractivity contribution in [2.75, 3.05) is 11.6 Å². The Morgan fingerprint density at radius 1 is 1.33 bits per heavy atom. The van der Waals surface area contributed by atoms with E-state index < -0.39 is 10.8 Å². The Hall–Kier alpha value is -2.45. The van der Waals surface area contributed by atoms with Crippen molar-refractivity contribution in [3.05, 3.63) is 57.6 Å². The highest BCUT2D eigenvalue weighted by Crippen LogP contribution is 2.30. The zero-order valence-corrected chi connectivity index (χ0v) is 14.5. The predicted molar refractivity (Wildman–Crippen MR) is 97.2 cm³/mol. The van der Waals surface area contributed by atoms with Gasteiger partial charge in [0.1, 0.15) is 5.56 Å². The largest absolute Gasteiger partial charge is 0.298 e. The number of para-hydroxylation sites is 1. The van der Waals surface area contributed by atoms with Gasteiger partial charge in [0.05, 0.1) is 15.1 Å². The Balaban J connectivity index is 1.96. The maximum atomic E-state index is 12.5. The van der Waals surface area contributed by atoms with Crippen LogP contribution in [0.1, 0.15) is 15.9 Å². The number of carbonyl (C=O) groups is 1. The molecule has 3 rings (SSSR count). The van der Waals surface area contributed by atoms with Gasteiger partial charge in [0.25, 0.3) is 11.6 Å². The number of aromatic nitrogens is 1. The smallest absolute Gasteiger partial charge is 0.282 e. The molecule has 0 radical (unpaired) electrons. The highest BCUT2D eigenvalue weighted by atomic mass is 32.2. The van der Waals surface area contributed by atoms with Crippen LogP contribution in [-0.2, 0) is 0 Å². The fourth-order valence-corrected chi connectivity index (χ4v) is 3.67. The highest BCUT2D eigenvalue weighted by Gasteiger charge is 2.21. The van der Waals surface area contributed by atoms with Crippen LogP contribution in [0.3, 0.4) is 0 Å². The van der Waals surface area contributed by atoms with Gasteiger partial charge >= 0.3 is 0 Å². The van der Waals surface area contributed by atoms with Crippen LogP contribution in [0, 0.1) is 17.0 Å². The summed E-state index contributed by atoms with van der Waals surface area (Å²) in [6.07, 6.45) is 1.85.